The van der Waals surface area contributed by atoms with Crippen LogP contribution in [0.2, 0.25) is 0 Å². The van der Waals surface area contributed by atoms with Crippen LogP contribution in [0.1, 0.15) is 44.9 Å². The first kappa shape index (κ1) is 11.3. The molecule has 0 saturated carbocycles. The molecule has 0 spiro atoms. The first-order valence-corrected chi connectivity index (χ1v) is 7.05. The van der Waals surface area contributed by atoms with E-state index in [0.717, 1.165) is 19.4 Å². The predicted molar refractivity (Wildman–Crippen MR) is 67.7 cm³/mol. The van der Waals surface area contributed by atoms with Crippen LogP contribution in [0.25, 0.3) is 0 Å². The molecule has 0 aromatic rings. The Hall–Kier alpha value is -0.830. The number of amides is 1. The van der Waals surface area contributed by atoms with Crippen molar-refractivity contribution in [2.75, 3.05) is 6.54 Å². The number of fused-ring (bicyclic) bond motifs is 1. The lowest BCUT2D eigenvalue weighted by atomic mass is 9.96. The van der Waals surface area contributed by atoms with Crippen molar-refractivity contribution in [3.8, 4) is 0 Å². The lowest BCUT2D eigenvalue weighted by molar-refractivity contribution is -0.129. The molecule has 3 aliphatic rings. The average Bonchev–Trinajstić information content (AvgIpc) is 2.69. The molecule has 3 rings (SSSR count). The van der Waals surface area contributed by atoms with E-state index in [1.165, 1.54) is 32.1 Å². The summed E-state index contributed by atoms with van der Waals surface area (Å²) in [7, 11) is 0. The van der Waals surface area contributed by atoms with Crippen molar-refractivity contribution < 1.29 is 4.79 Å². The van der Waals surface area contributed by atoms with Gasteiger partial charge in [-0.2, -0.15) is 0 Å². The minimum absolute atomic E-state index is 0.374. The molecule has 0 radical (unpaired) electrons. The summed E-state index contributed by atoms with van der Waals surface area (Å²) in [4.78, 5) is 14.1. The van der Waals surface area contributed by atoms with Crippen molar-refractivity contribution in [2.24, 2.45) is 0 Å². The van der Waals surface area contributed by atoms with Gasteiger partial charge in [-0.05, 0) is 38.5 Å². The number of nitrogens with zero attached hydrogens (tertiary/aromatic N) is 1. The van der Waals surface area contributed by atoms with E-state index in [4.69, 9.17) is 0 Å². The van der Waals surface area contributed by atoms with Gasteiger partial charge in [-0.3, -0.25) is 4.79 Å². The summed E-state index contributed by atoms with van der Waals surface area (Å²) in [6.07, 6.45) is 12.5. The van der Waals surface area contributed by atoms with Crippen LogP contribution in [0.4, 0.5) is 0 Å². The fraction of sp³-hybridized carbons (Fsp3) is 0.786. The maximum atomic E-state index is 11.9. The highest BCUT2D eigenvalue weighted by atomic mass is 16.2. The van der Waals surface area contributed by atoms with Crippen LogP contribution >= 0.6 is 0 Å². The van der Waals surface area contributed by atoms with Crippen LogP contribution in [0.3, 0.4) is 0 Å². The topological polar surface area (TPSA) is 32.3 Å². The Kier molecular flexibility index (Phi) is 3.19. The van der Waals surface area contributed by atoms with Crippen molar-refractivity contribution in [2.45, 2.75) is 63.1 Å². The molecule has 3 heteroatoms. The van der Waals surface area contributed by atoms with Crippen LogP contribution in [-0.4, -0.2) is 35.5 Å². The van der Waals surface area contributed by atoms with Gasteiger partial charge in [-0.1, -0.05) is 12.2 Å². The lowest BCUT2D eigenvalue weighted by Gasteiger charge is -2.34. The standard InChI is InChI=1S/C14H22N2O/c17-14-10-12(13-8-4-5-9-16(13)14)15-11-6-2-1-3-7-11/h1-2,11-13,15H,3-10H2. The Morgan fingerprint density at radius 1 is 1.24 bits per heavy atom. The van der Waals surface area contributed by atoms with Crippen molar-refractivity contribution >= 4 is 5.91 Å². The highest BCUT2D eigenvalue weighted by molar-refractivity contribution is 5.80. The first-order chi connectivity index (χ1) is 8.34. The maximum absolute atomic E-state index is 11.9. The van der Waals surface area contributed by atoms with Crippen LogP contribution in [0.5, 0.6) is 0 Å². The fourth-order valence-corrected chi connectivity index (χ4v) is 3.54. The van der Waals surface area contributed by atoms with Gasteiger partial charge in [0.15, 0.2) is 0 Å². The molecule has 1 aliphatic carbocycles. The Balaban J connectivity index is 1.63. The van der Waals surface area contributed by atoms with E-state index in [9.17, 15) is 4.79 Å². The van der Waals surface area contributed by atoms with Gasteiger partial charge in [0.1, 0.15) is 0 Å². The third kappa shape index (κ3) is 2.25. The molecule has 2 saturated heterocycles. The zero-order valence-electron chi connectivity index (χ0n) is 10.4. The zero-order valence-corrected chi connectivity index (χ0v) is 10.4. The minimum Gasteiger partial charge on any atom is -0.338 e. The van der Waals surface area contributed by atoms with Gasteiger partial charge < -0.3 is 10.2 Å². The van der Waals surface area contributed by atoms with Crippen LogP contribution in [0.15, 0.2) is 12.2 Å². The molecular formula is C14H22N2O. The number of piperidine rings is 1. The normalized spacial score (nSPS) is 37.3. The molecule has 0 aromatic carbocycles. The SMILES string of the molecule is O=C1CC(NC2CC=CCC2)C2CCCCN12. The molecule has 2 fully saturated rings. The van der Waals surface area contributed by atoms with E-state index < -0.39 is 0 Å². The number of nitrogens with one attached hydrogen (secondary N) is 1. The van der Waals surface area contributed by atoms with Crippen molar-refractivity contribution in [3.63, 3.8) is 0 Å². The van der Waals surface area contributed by atoms with Gasteiger partial charge in [0.2, 0.25) is 5.91 Å². The number of hydrogen-bond donors (Lipinski definition) is 1. The Morgan fingerprint density at radius 2 is 2.18 bits per heavy atom. The summed E-state index contributed by atoms with van der Waals surface area (Å²) in [5.74, 6) is 0.374. The molecule has 0 bridgehead atoms. The summed E-state index contributed by atoms with van der Waals surface area (Å²) >= 11 is 0. The summed E-state index contributed by atoms with van der Waals surface area (Å²) < 4.78 is 0. The van der Waals surface area contributed by atoms with E-state index in [0.29, 0.717) is 24.0 Å². The van der Waals surface area contributed by atoms with E-state index in [-0.39, 0.29) is 0 Å². The summed E-state index contributed by atoms with van der Waals surface area (Å²) in [6.45, 7) is 0.992. The van der Waals surface area contributed by atoms with Crippen LogP contribution in [-0.2, 0) is 4.79 Å². The average molecular weight is 234 g/mol. The Bertz CT molecular complexity index is 326. The van der Waals surface area contributed by atoms with Gasteiger partial charge in [0.05, 0.1) is 0 Å². The second kappa shape index (κ2) is 4.81. The zero-order chi connectivity index (χ0) is 11.7. The molecule has 3 unspecified atom stereocenters. The summed E-state index contributed by atoms with van der Waals surface area (Å²) in [6, 6.07) is 1.50. The number of allylic oxidation sites excluding steroid dienone is 1. The molecule has 17 heavy (non-hydrogen) atoms. The molecule has 2 heterocycles. The quantitative estimate of drug-likeness (QED) is 0.739. The number of rotatable bonds is 2. The smallest absolute Gasteiger partial charge is 0.224 e. The Labute approximate surface area is 103 Å². The predicted octanol–water partition coefficient (Wildman–Crippen LogP) is 1.84. The van der Waals surface area contributed by atoms with Gasteiger partial charge in [0.25, 0.3) is 0 Å². The first-order valence-electron chi connectivity index (χ1n) is 7.05. The summed E-state index contributed by atoms with van der Waals surface area (Å²) in [5, 5.41) is 3.73. The van der Waals surface area contributed by atoms with Gasteiger partial charge in [-0.25, -0.2) is 0 Å². The van der Waals surface area contributed by atoms with Gasteiger partial charge in [0, 0.05) is 31.1 Å². The highest BCUT2D eigenvalue weighted by Crippen LogP contribution is 2.29. The van der Waals surface area contributed by atoms with E-state index >= 15 is 0 Å². The molecular weight excluding hydrogens is 212 g/mol. The second-order valence-corrected chi connectivity index (χ2v) is 5.61. The second-order valence-electron chi connectivity index (χ2n) is 5.61. The third-order valence-corrected chi connectivity index (χ3v) is 4.45. The molecule has 3 atom stereocenters. The molecule has 1 amide bonds. The number of carbonyl (C=O) groups is 1. The van der Waals surface area contributed by atoms with Gasteiger partial charge >= 0.3 is 0 Å². The largest absolute Gasteiger partial charge is 0.338 e. The van der Waals surface area contributed by atoms with Crippen molar-refractivity contribution in [1.82, 2.24) is 10.2 Å². The number of hydrogen-bond acceptors (Lipinski definition) is 2. The summed E-state index contributed by atoms with van der Waals surface area (Å²) in [5.41, 5.74) is 0. The van der Waals surface area contributed by atoms with Gasteiger partial charge in [-0.15, -0.1) is 0 Å². The van der Waals surface area contributed by atoms with Crippen molar-refractivity contribution in [3.05, 3.63) is 12.2 Å². The molecule has 1 N–H and O–H groups in total. The Morgan fingerprint density at radius 3 is 3.00 bits per heavy atom. The van der Waals surface area contributed by atoms with E-state index in [2.05, 4.69) is 22.4 Å². The maximum Gasteiger partial charge on any atom is 0.224 e. The molecule has 3 nitrogen and oxygen atoms in total. The molecule has 2 aliphatic heterocycles. The lowest BCUT2D eigenvalue weighted by Crippen LogP contribution is -2.48. The third-order valence-electron chi connectivity index (χ3n) is 4.45. The van der Waals surface area contributed by atoms with Crippen molar-refractivity contribution in [1.29, 1.82) is 0 Å². The van der Waals surface area contributed by atoms with Crippen LogP contribution < -0.4 is 5.32 Å². The molecule has 0 aromatic heterocycles. The monoisotopic (exact) mass is 234 g/mol. The fourth-order valence-electron chi connectivity index (χ4n) is 3.54. The van der Waals surface area contributed by atoms with Crippen LogP contribution in [0, 0.1) is 0 Å². The molecule has 94 valence electrons. The minimum atomic E-state index is 0.374. The highest BCUT2D eigenvalue weighted by Gasteiger charge is 2.41. The van der Waals surface area contributed by atoms with E-state index in [1.54, 1.807) is 0 Å². The van der Waals surface area contributed by atoms with E-state index in [1.807, 2.05) is 0 Å². The number of carbonyl (C=O) groups excluding carboxylic acids is 1.